The van der Waals surface area contributed by atoms with Crippen molar-refractivity contribution in [3.05, 3.63) is 146 Å². The van der Waals surface area contributed by atoms with Crippen LogP contribution in [0.4, 0.5) is 0 Å². The Kier molecular flexibility index (Phi) is 4.44. The van der Waals surface area contributed by atoms with Crippen LogP contribution < -0.4 is 0 Å². The summed E-state index contributed by atoms with van der Waals surface area (Å²) in [5.41, 5.74) is 8.87. The van der Waals surface area contributed by atoms with Gasteiger partial charge in [-0.15, -0.1) is 0 Å². The number of aromatic nitrogens is 4. The lowest BCUT2D eigenvalue weighted by atomic mass is 9.97. The van der Waals surface area contributed by atoms with Gasteiger partial charge in [0, 0.05) is 43.3 Å². The van der Waals surface area contributed by atoms with Gasteiger partial charge >= 0.3 is 0 Å². The Bertz CT molecular complexity index is 3280. The van der Waals surface area contributed by atoms with Gasteiger partial charge in [-0.05, 0) is 51.9 Å². The molecule has 4 aromatic heterocycles. The number of hydrogen-bond donors (Lipinski definition) is 0. The Morgan fingerprint density at radius 3 is 1.98 bits per heavy atom. The second-order valence-electron chi connectivity index (χ2n) is 13.0. The van der Waals surface area contributed by atoms with Crippen LogP contribution in [0.15, 0.2) is 146 Å². The lowest BCUT2D eigenvalue weighted by Crippen LogP contribution is -2.04. The van der Waals surface area contributed by atoms with Crippen molar-refractivity contribution in [3.8, 4) is 17.2 Å². The zero-order valence-electron chi connectivity index (χ0n) is 25.6. The quantitative estimate of drug-likeness (QED) is 0.183. The minimum atomic E-state index is 0.680. The number of nitrogens with zero attached hydrogens (tertiary/aromatic N) is 4. The maximum Gasteiger partial charge on any atom is 0.235 e. The summed E-state index contributed by atoms with van der Waals surface area (Å²) in [6.07, 6.45) is 0. The van der Waals surface area contributed by atoms with Crippen molar-refractivity contribution < 1.29 is 0 Å². The van der Waals surface area contributed by atoms with Crippen LogP contribution >= 0.6 is 0 Å². The Morgan fingerprint density at radius 1 is 0.375 bits per heavy atom. The summed E-state index contributed by atoms with van der Waals surface area (Å²) < 4.78 is 4.81. The van der Waals surface area contributed by atoms with E-state index in [1.165, 1.54) is 65.0 Å². The largest absolute Gasteiger partial charge is 0.308 e. The molecule has 8 aromatic carbocycles. The molecule has 0 saturated carbocycles. The van der Waals surface area contributed by atoms with E-state index < -0.39 is 0 Å². The van der Waals surface area contributed by atoms with Gasteiger partial charge in [-0.25, -0.2) is 9.97 Å². The summed E-state index contributed by atoms with van der Waals surface area (Å²) in [5, 5.41) is 13.5. The molecule has 0 bridgehead atoms. The van der Waals surface area contributed by atoms with E-state index in [9.17, 15) is 0 Å². The fourth-order valence-electron chi connectivity index (χ4n) is 8.66. The maximum absolute atomic E-state index is 5.49. The van der Waals surface area contributed by atoms with Crippen molar-refractivity contribution in [2.75, 3.05) is 0 Å². The van der Waals surface area contributed by atoms with Gasteiger partial charge in [-0.1, -0.05) is 115 Å². The molecule has 12 aromatic rings. The monoisotopic (exact) mass is 608 g/mol. The van der Waals surface area contributed by atoms with E-state index in [1.54, 1.807) is 0 Å². The Balaban J connectivity index is 1.34. The fraction of sp³-hybridized carbons (Fsp3) is 0. The molecule has 0 unspecified atom stereocenters. The summed E-state index contributed by atoms with van der Waals surface area (Å²) in [7, 11) is 0. The first-order valence-electron chi connectivity index (χ1n) is 16.4. The van der Waals surface area contributed by atoms with Crippen LogP contribution in [0.5, 0.6) is 0 Å². The topological polar surface area (TPSA) is 35.1 Å². The lowest BCUT2D eigenvalue weighted by molar-refractivity contribution is 1.01. The van der Waals surface area contributed by atoms with Gasteiger partial charge in [0.15, 0.2) is 0 Å². The van der Waals surface area contributed by atoms with Gasteiger partial charge in [0.1, 0.15) is 0 Å². The summed E-state index contributed by atoms with van der Waals surface area (Å²) >= 11 is 0. The van der Waals surface area contributed by atoms with Gasteiger partial charge in [-0.3, -0.25) is 4.57 Å². The molecule has 0 saturated heterocycles. The van der Waals surface area contributed by atoms with E-state index in [-0.39, 0.29) is 0 Å². The highest BCUT2D eigenvalue weighted by Gasteiger charge is 2.26. The minimum Gasteiger partial charge on any atom is -0.308 e. The Hall–Kier alpha value is -6.52. The highest BCUT2D eigenvalue weighted by atomic mass is 15.2. The molecule has 0 N–H and O–H groups in total. The van der Waals surface area contributed by atoms with Gasteiger partial charge in [0.05, 0.1) is 38.8 Å². The average Bonchev–Trinajstić information content (AvgIpc) is 3.62. The summed E-state index contributed by atoms with van der Waals surface area (Å²) in [6.45, 7) is 0. The second kappa shape index (κ2) is 8.64. The maximum atomic E-state index is 5.49. The number of para-hydroxylation sites is 1. The highest BCUT2D eigenvalue weighted by molar-refractivity contribution is 6.37. The van der Waals surface area contributed by atoms with E-state index in [1.807, 2.05) is 0 Å². The van der Waals surface area contributed by atoms with Gasteiger partial charge in [-0.2, -0.15) is 0 Å². The van der Waals surface area contributed by atoms with Crippen molar-refractivity contribution in [2.24, 2.45) is 0 Å². The lowest BCUT2D eigenvalue weighted by Gasteiger charge is -2.14. The minimum absolute atomic E-state index is 0.680. The van der Waals surface area contributed by atoms with Crippen LogP contribution in [0.1, 0.15) is 0 Å². The van der Waals surface area contributed by atoms with Crippen molar-refractivity contribution in [1.82, 2.24) is 18.9 Å². The molecule has 4 nitrogen and oxygen atoms in total. The molecule has 12 rings (SSSR count). The third-order valence-corrected chi connectivity index (χ3v) is 10.6. The summed E-state index contributed by atoms with van der Waals surface area (Å²) in [5.74, 6) is 0.680. The first kappa shape index (κ1) is 24.7. The van der Waals surface area contributed by atoms with Gasteiger partial charge in [0.25, 0.3) is 0 Å². The predicted molar refractivity (Wildman–Crippen MR) is 200 cm³/mol. The molecule has 220 valence electrons. The Morgan fingerprint density at radius 2 is 1.06 bits per heavy atom. The van der Waals surface area contributed by atoms with Crippen LogP contribution in [0, 0.1) is 0 Å². The normalized spacial score (nSPS) is 12.6. The smallest absolute Gasteiger partial charge is 0.235 e. The van der Waals surface area contributed by atoms with Crippen LogP contribution in [0.3, 0.4) is 0 Å². The second-order valence-corrected chi connectivity index (χ2v) is 13.0. The summed E-state index contributed by atoms with van der Waals surface area (Å²) in [6, 6.07) is 52.6. The standard InChI is InChI=1S/C44H24N4/c1-2-10-28(11-3-1)42-39-29-13-5-4-9-25(29)19-22-32(39)45-44(46-42)48-35-23-20-27-18-17-26-12-8-16-34-37(26)38(27)40(35)41-36(48)24-21-31-30-14-6-7-15-33(30)47(34)43(31)41/h1-24H. The zero-order valence-corrected chi connectivity index (χ0v) is 25.6. The number of rotatable bonds is 2. The molecule has 0 atom stereocenters. The zero-order chi connectivity index (χ0) is 31.1. The molecule has 0 aliphatic carbocycles. The molecule has 48 heavy (non-hydrogen) atoms. The van der Waals surface area contributed by atoms with Crippen molar-refractivity contribution in [2.45, 2.75) is 0 Å². The third kappa shape index (κ3) is 2.92. The van der Waals surface area contributed by atoms with E-state index in [4.69, 9.17) is 9.97 Å². The molecule has 0 spiro atoms. The molecule has 0 amide bonds. The van der Waals surface area contributed by atoms with Crippen molar-refractivity contribution in [1.29, 1.82) is 0 Å². The van der Waals surface area contributed by atoms with Crippen LogP contribution in [-0.2, 0) is 0 Å². The number of benzene rings is 8. The van der Waals surface area contributed by atoms with E-state index in [0.29, 0.717) is 5.95 Å². The van der Waals surface area contributed by atoms with Crippen LogP contribution in [0.2, 0.25) is 0 Å². The molecule has 4 heterocycles. The van der Waals surface area contributed by atoms with Gasteiger partial charge in [0.2, 0.25) is 5.95 Å². The first-order chi connectivity index (χ1) is 23.8. The SMILES string of the molecule is c1ccc(-c2nc(-n3c4ccc5ccc6cccc7c6c5c4c4c3ccc3c5ccccc5n7c34)nc3ccc4ccccc4c23)cc1. The molecule has 0 aliphatic rings. The molecular formula is C44H24N4. The third-order valence-electron chi connectivity index (χ3n) is 10.6. The van der Waals surface area contributed by atoms with Gasteiger partial charge < -0.3 is 4.40 Å². The molecule has 4 heteroatoms. The first-order valence-corrected chi connectivity index (χ1v) is 16.4. The molecule has 0 aliphatic heterocycles. The van der Waals surface area contributed by atoms with E-state index >= 15 is 0 Å². The molecular weight excluding hydrogens is 585 g/mol. The van der Waals surface area contributed by atoms with E-state index in [0.717, 1.165) is 38.6 Å². The predicted octanol–water partition coefficient (Wildman–Crippen LogP) is 11.3. The fourth-order valence-corrected chi connectivity index (χ4v) is 8.66. The van der Waals surface area contributed by atoms with Crippen molar-refractivity contribution >= 4 is 92.3 Å². The summed E-state index contributed by atoms with van der Waals surface area (Å²) in [4.78, 5) is 10.9. The number of hydrogen-bond acceptors (Lipinski definition) is 2. The molecule has 0 fully saturated rings. The van der Waals surface area contributed by atoms with Crippen LogP contribution in [-0.4, -0.2) is 18.9 Å². The Labute approximate surface area is 273 Å². The average molecular weight is 609 g/mol. The molecule has 0 radical (unpaired) electrons. The van der Waals surface area contributed by atoms with Crippen LogP contribution in [0.25, 0.3) is 110 Å². The van der Waals surface area contributed by atoms with E-state index in [2.05, 4.69) is 155 Å². The number of fused-ring (bicyclic) bond motifs is 7. The van der Waals surface area contributed by atoms with Crippen molar-refractivity contribution in [3.63, 3.8) is 0 Å². The highest BCUT2D eigenvalue weighted by Crippen LogP contribution is 2.47.